The molecule has 1 aliphatic heterocycles. The summed E-state index contributed by atoms with van der Waals surface area (Å²) in [6.07, 6.45) is -0.390. The average Bonchev–Trinajstić information content (AvgIpc) is 2.18. The van der Waals surface area contributed by atoms with Crippen molar-refractivity contribution in [2.45, 2.75) is 19.0 Å². The fraction of sp³-hybridized carbons (Fsp3) is 0.667. The number of carbonyl (C=O) groups is 1. The van der Waals surface area contributed by atoms with Crippen molar-refractivity contribution in [2.75, 3.05) is 13.1 Å². The predicted molar refractivity (Wildman–Crippen MR) is 49.5 cm³/mol. The van der Waals surface area contributed by atoms with E-state index in [9.17, 15) is 13.2 Å². The first-order valence-electron chi connectivity index (χ1n) is 4.51. The molecule has 0 spiro atoms. The summed E-state index contributed by atoms with van der Waals surface area (Å²) in [6, 6.07) is 0. The van der Waals surface area contributed by atoms with Gasteiger partial charge in [0.2, 0.25) is 0 Å². The first kappa shape index (κ1) is 14.0. The molecule has 1 heterocycles. The summed E-state index contributed by atoms with van der Waals surface area (Å²) >= 11 is 0. The molecule has 1 aliphatic rings. The summed E-state index contributed by atoms with van der Waals surface area (Å²) in [5.41, 5.74) is 0. The first-order chi connectivity index (χ1) is 6.88. The second-order valence-electron chi connectivity index (χ2n) is 3.15. The molecule has 0 saturated carbocycles. The van der Waals surface area contributed by atoms with Crippen LogP contribution in [0.5, 0.6) is 0 Å². The van der Waals surface area contributed by atoms with Gasteiger partial charge in [-0.15, -0.1) is 6.58 Å². The van der Waals surface area contributed by atoms with Gasteiger partial charge in [0.1, 0.15) is 0 Å². The lowest BCUT2D eigenvalue weighted by Crippen LogP contribution is -2.28. The molecule has 1 atom stereocenters. The van der Waals surface area contributed by atoms with Crippen LogP contribution >= 0.6 is 0 Å². The van der Waals surface area contributed by atoms with Gasteiger partial charge in [0, 0.05) is 6.54 Å². The van der Waals surface area contributed by atoms with Gasteiger partial charge in [-0.25, -0.2) is 4.79 Å². The molecule has 0 aromatic rings. The van der Waals surface area contributed by atoms with Crippen LogP contribution in [0.4, 0.5) is 13.2 Å². The minimum Gasteiger partial charge on any atom is -0.475 e. The fourth-order valence-electron chi connectivity index (χ4n) is 1.08. The Kier molecular flexibility index (Phi) is 6.00. The van der Waals surface area contributed by atoms with Crippen molar-refractivity contribution in [3.05, 3.63) is 12.7 Å². The van der Waals surface area contributed by atoms with Gasteiger partial charge < -0.3 is 10.4 Å². The topological polar surface area (TPSA) is 49.3 Å². The lowest BCUT2D eigenvalue weighted by atomic mass is 10.0. The number of rotatable bonds is 1. The molecule has 2 N–H and O–H groups in total. The second-order valence-corrected chi connectivity index (χ2v) is 3.15. The summed E-state index contributed by atoms with van der Waals surface area (Å²) < 4.78 is 31.7. The maximum Gasteiger partial charge on any atom is 0.490 e. The van der Waals surface area contributed by atoms with Crippen LogP contribution in [0.25, 0.3) is 0 Å². The predicted octanol–water partition coefficient (Wildman–Crippen LogP) is 1.81. The lowest BCUT2D eigenvalue weighted by Gasteiger charge is -2.18. The third-order valence-electron chi connectivity index (χ3n) is 1.91. The molecule has 0 amide bonds. The molecule has 0 aromatic carbocycles. The van der Waals surface area contributed by atoms with Gasteiger partial charge in [-0.3, -0.25) is 0 Å². The van der Waals surface area contributed by atoms with Crippen molar-refractivity contribution in [1.82, 2.24) is 5.32 Å². The Morgan fingerprint density at radius 2 is 2.07 bits per heavy atom. The van der Waals surface area contributed by atoms with E-state index in [0.717, 1.165) is 12.5 Å². The number of hydrogen-bond donors (Lipinski definition) is 2. The summed E-state index contributed by atoms with van der Waals surface area (Å²) in [6.45, 7) is 6.09. The Labute approximate surface area is 86.0 Å². The summed E-state index contributed by atoms with van der Waals surface area (Å²) in [4.78, 5) is 8.90. The number of piperidine rings is 1. The standard InChI is InChI=1S/C7H13N.C2HF3O2/c1-2-7-4-3-5-8-6-7;3-2(4,5)1(6)7/h2,7-8H,1,3-6H2;(H,6,7). The van der Waals surface area contributed by atoms with Crippen LogP contribution in [-0.2, 0) is 4.79 Å². The van der Waals surface area contributed by atoms with Gasteiger partial charge in [0.25, 0.3) is 0 Å². The van der Waals surface area contributed by atoms with Gasteiger partial charge in [0.15, 0.2) is 0 Å². The van der Waals surface area contributed by atoms with E-state index in [1.54, 1.807) is 0 Å². The molecule has 1 fully saturated rings. The van der Waals surface area contributed by atoms with Gasteiger partial charge in [-0.05, 0) is 25.3 Å². The molecule has 1 saturated heterocycles. The van der Waals surface area contributed by atoms with Crippen molar-refractivity contribution >= 4 is 5.97 Å². The third kappa shape index (κ3) is 6.96. The lowest BCUT2D eigenvalue weighted by molar-refractivity contribution is -0.192. The van der Waals surface area contributed by atoms with Crippen molar-refractivity contribution in [3.63, 3.8) is 0 Å². The molecular weight excluding hydrogens is 211 g/mol. The molecule has 0 radical (unpaired) electrons. The summed E-state index contributed by atoms with van der Waals surface area (Å²) in [5.74, 6) is -2.02. The number of halogens is 3. The molecule has 88 valence electrons. The zero-order chi connectivity index (χ0) is 11.9. The summed E-state index contributed by atoms with van der Waals surface area (Å²) in [7, 11) is 0. The molecular formula is C9H14F3NO2. The molecule has 0 aliphatic carbocycles. The molecule has 0 aromatic heterocycles. The number of aliphatic carboxylic acids is 1. The van der Waals surface area contributed by atoms with E-state index < -0.39 is 12.1 Å². The van der Waals surface area contributed by atoms with Crippen molar-refractivity contribution in [3.8, 4) is 0 Å². The second kappa shape index (κ2) is 6.44. The van der Waals surface area contributed by atoms with Crippen LogP contribution in [0.1, 0.15) is 12.8 Å². The van der Waals surface area contributed by atoms with E-state index in [1.807, 2.05) is 6.08 Å². The maximum absolute atomic E-state index is 10.6. The smallest absolute Gasteiger partial charge is 0.475 e. The van der Waals surface area contributed by atoms with E-state index in [1.165, 1.54) is 19.4 Å². The molecule has 3 nitrogen and oxygen atoms in total. The molecule has 15 heavy (non-hydrogen) atoms. The Balaban J connectivity index is 0.000000265. The number of carboxylic acid groups (broad SMARTS) is 1. The molecule has 0 bridgehead atoms. The van der Waals surface area contributed by atoms with Crippen LogP contribution in [-0.4, -0.2) is 30.3 Å². The Hall–Kier alpha value is -1.04. The largest absolute Gasteiger partial charge is 0.490 e. The maximum atomic E-state index is 10.6. The molecule has 1 unspecified atom stereocenters. The Morgan fingerprint density at radius 3 is 2.27 bits per heavy atom. The highest BCUT2D eigenvalue weighted by Gasteiger charge is 2.38. The highest BCUT2D eigenvalue weighted by atomic mass is 19.4. The van der Waals surface area contributed by atoms with Crippen LogP contribution < -0.4 is 5.32 Å². The summed E-state index contributed by atoms with van der Waals surface area (Å²) in [5, 5.41) is 10.4. The Morgan fingerprint density at radius 1 is 1.53 bits per heavy atom. The number of carboxylic acids is 1. The minimum absolute atomic E-state index is 0.740. The Bertz CT molecular complexity index is 210. The number of hydrogen-bond acceptors (Lipinski definition) is 2. The molecule has 1 rings (SSSR count). The monoisotopic (exact) mass is 225 g/mol. The average molecular weight is 225 g/mol. The van der Waals surface area contributed by atoms with Crippen molar-refractivity contribution in [1.29, 1.82) is 0 Å². The SMILES string of the molecule is C=CC1CCCNC1.O=C(O)C(F)(F)F. The van der Waals surface area contributed by atoms with E-state index in [2.05, 4.69) is 11.9 Å². The van der Waals surface area contributed by atoms with Crippen LogP contribution in [0.15, 0.2) is 12.7 Å². The number of nitrogens with one attached hydrogen (secondary N) is 1. The van der Waals surface area contributed by atoms with Crippen molar-refractivity contribution < 1.29 is 23.1 Å². The van der Waals surface area contributed by atoms with E-state index in [0.29, 0.717) is 0 Å². The van der Waals surface area contributed by atoms with E-state index >= 15 is 0 Å². The van der Waals surface area contributed by atoms with E-state index in [4.69, 9.17) is 9.90 Å². The quantitative estimate of drug-likeness (QED) is 0.669. The zero-order valence-corrected chi connectivity index (χ0v) is 8.18. The molecule has 6 heteroatoms. The van der Waals surface area contributed by atoms with Gasteiger partial charge in [-0.2, -0.15) is 13.2 Å². The van der Waals surface area contributed by atoms with Crippen LogP contribution in [0.3, 0.4) is 0 Å². The van der Waals surface area contributed by atoms with Gasteiger partial charge in [0.05, 0.1) is 0 Å². The van der Waals surface area contributed by atoms with Crippen LogP contribution in [0, 0.1) is 5.92 Å². The highest BCUT2D eigenvalue weighted by Crippen LogP contribution is 2.13. The highest BCUT2D eigenvalue weighted by molar-refractivity contribution is 5.73. The van der Waals surface area contributed by atoms with Gasteiger partial charge >= 0.3 is 12.1 Å². The van der Waals surface area contributed by atoms with Gasteiger partial charge in [-0.1, -0.05) is 6.08 Å². The first-order valence-corrected chi connectivity index (χ1v) is 4.51. The van der Waals surface area contributed by atoms with Crippen molar-refractivity contribution in [2.24, 2.45) is 5.92 Å². The fourth-order valence-corrected chi connectivity index (χ4v) is 1.08. The van der Waals surface area contributed by atoms with Crippen LogP contribution in [0.2, 0.25) is 0 Å². The number of alkyl halides is 3. The third-order valence-corrected chi connectivity index (χ3v) is 1.91. The normalized spacial score (nSPS) is 21.1. The van der Waals surface area contributed by atoms with E-state index in [-0.39, 0.29) is 0 Å². The minimum atomic E-state index is -5.08. The zero-order valence-electron chi connectivity index (χ0n) is 8.18.